The summed E-state index contributed by atoms with van der Waals surface area (Å²) in [5.41, 5.74) is -2.06. The Hall–Kier alpha value is -3.21. The van der Waals surface area contributed by atoms with E-state index in [4.69, 9.17) is 21.1 Å². The van der Waals surface area contributed by atoms with Crippen molar-refractivity contribution in [1.82, 2.24) is 4.57 Å². The van der Waals surface area contributed by atoms with Crippen LogP contribution in [0, 0.1) is 11.6 Å². The molecule has 0 bridgehead atoms. The molecule has 0 spiro atoms. The van der Waals surface area contributed by atoms with E-state index in [9.17, 15) is 35.5 Å². The van der Waals surface area contributed by atoms with Gasteiger partial charge in [-0.25, -0.2) is 8.78 Å². The van der Waals surface area contributed by atoms with Crippen molar-refractivity contribution in [2.24, 2.45) is 0 Å². The summed E-state index contributed by atoms with van der Waals surface area (Å²) in [5.74, 6) is -9.58. The van der Waals surface area contributed by atoms with Crippen LogP contribution in [0.25, 0.3) is 5.69 Å². The summed E-state index contributed by atoms with van der Waals surface area (Å²) in [5, 5.41) is 0.284. The summed E-state index contributed by atoms with van der Waals surface area (Å²) in [4.78, 5) is 11.5. The standard InChI is InChI=1S/C23H17ClF7NO3/c1-2-34-20(33)11-13-9-17(25)21(18(26)10-13)35-12-19-16(22(27,28)23(29,30)31)7-8-32(19)15-5-3-14(24)4-6-15/h3-10H,2,11-12H2,1H3. The van der Waals surface area contributed by atoms with Crippen molar-refractivity contribution < 1.29 is 45.0 Å². The number of hydrogen-bond donors (Lipinski definition) is 0. The van der Waals surface area contributed by atoms with Crippen LogP contribution in [0.4, 0.5) is 30.7 Å². The van der Waals surface area contributed by atoms with Gasteiger partial charge in [-0.15, -0.1) is 0 Å². The topological polar surface area (TPSA) is 40.5 Å². The van der Waals surface area contributed by atoms with Crippen LogP contribution in [-0.2, 0) is 28.5 Å². The van der Waals surface area contributed by atoms with E-state index in [1.54, 1.807) is 6.92 Å². The van der Waals surface area contributed by atoms with Crippen molar-refractivity contribution in [3.8, 4) is 11.4 Å². The number of alkyl halides is 5. The molecule has 3 rings (SSSR count). The number of rotatable bonds is 8. The van der Waals surface area contributed by atoms with Crippen LogP contribution in [0.15, 0.2) is 48.7 Å². The Bertz CT molecular complexity index is 1180. The van der Waals surface area contributed by atoms with Crippen molar-refractivity contribution in [1.29, 1.82) is 0 Å². The minimum absolute atomic E-state index is 0.0587. The fourth-order valence-corrected chi connectivity index (χ4v) is 3.39. The average Bonchev–Trinajstić information content (AvgIpc) is 3.17. The van der Waals surface area contributed by atoms with Gasteiger partial charge >= 0.3 is 18.1 Å². The molecule has 0 unspecified atom stereocenters. The maximum atomic E-state index is 14.5. The second-order valence-corrected chi connectivity index (χ2v) is 7.69. The molecule has 0 aliphatic carbocycles. The van der Waals surface area contributed by atoms with Gasteiger partial charge in [-0.05, 0) is 55.0 Å². The molecule has 188 valence electrons. The first-order chi connectivity index (χ1) is 16.3. The maximum Gasteiger partial charge on any atom is 0.458 e. The van der Waals surface area contributed by atoms with Gasteiger partial charge in [0.2, 0.25) is 0 Å². The average molecular weight is 524 g/mol. The molecule has 4 nitrogen and oxygen atoms in total. The molecule has 0 radical (unpaired) electrons. The zero-order valence-corrected chi connectivity index (χ0v) is 18.7. The number of hydrogen-bond acceptors (Lipinski definition) is 3. The smallest absolute Gasteiger partial charge is 0.458 e. The Kier molecular flexibility index (Phi) is 7.68. The highest BCUT2D eigenvalue weighted by atomic mass is 35.5. The van der Waals surface area contributed by atoms with E-state index in [1.165, 1.54) is 24.3 Å². The SMILES string of the molecule is CCOC(=O)Cc1cc(F)c(OCc2c(C(F)(F)C(F)(F)F)ccn2-c2ccc(Cl)cc2)c(F)c1. The van der Waals surface area contributed by atoms with Crippen LogP contribution in [-0.4, -0.2) is 23.3 Å². The molecule has 0 amide bonds. The van der Waals surface area contributed by atoms with Crippen LogP contribution in [0.1, 0.15) is 23.7 Å². The lowest BCUT2D eigenvalue weighted by atomic mass is 10.1. The van der Waals surface area contributed by atoms with Gasteiger partial charge < -0.3 is 14.0 Å². The zero-order valence-electron chi connectivity index (χ0n) is 17.9. The molecule has 0 aliphatic heterocycles. The molecule has 0 fully saturated rings. The van der Waals surface area contributed by atoms with Crippen molar-refractivity contribution in [2.75, 3.05) is 6.61 Å². The van der Waals surface area contributed by atoms with Gasteiger partial charge in [0, 0.05) is 16.9 Å². The number of benzene rings is 2. The van der Waals surface area contributed by atoms with Gasteiger partial charge in [-0.3, -0.25) is 4.79 Å². The maximum absolute atomic E-state index is 14.5. The van der Waals surface area contributed by atoms with Crippen LogP contribution < -0.4 is 4.74 Å². The molecular weight excluding hydrogens is 507 g/mol. The Labute approximate surface area is 199 Å². The highest BCUT2D eigenvalue weighted by Crippen LogP contribution is 2.46. The fourth-order valence-electron chi connectivity index (χ4n) is 3.27. The molecule has 1 heterocycles. The first-order valence-corrected chi connectivity index (χ1v) is 10.4. The molecule has 12 heteroatoms. The number of aromatic nitrogens is 1. The molecule has 0 saturated heterocycles. The molecule has 2 aromatic carbocycles. The van der Waals surface area contributed by atoms with E-state index >= 15 is 0 Å². The third-order valence-corrected chi connectivity index (χ3v) is 5.11. The largest absolute Gasteiger partial charge is 0.481 e. The molecule has 0 atom stereocenters. The first kappa shape index (κ1) is 26.4. The highest BCUT2D eigenvalue weighted by Gasteiger charge is 2.60. The minimum atomic E-state index is -5.93. The summed E-state index contributed by atoms with van der Waals surface area (Å²) in [6.07, 6.45) is -5.42. The van der Waals surface area contributed by atoms with E-state index in [2.05, 4.69) is 0 Å². The number of halogens is 8. The predicted octanol–water partition coefficient (Wildman–Crippen LogP) is 6.75. The number of esters is 1. The molecular formula is C23H17ClF7NO3. The second-order valence-electron chi connectivity index (χ2n) is 7.25. The van der Waals surface area contributed by atoms with Crippen LogP contribution in [0.3, 0.4) is 0 Å². The number of carbonyl (C=O) groups excluding carboxylic acids is 1. The van der Waals surface area contributed by atoms with Crippen molar-refractivity contribution >= 4 is 17.6 Å². The van der Waals surface area contributed by atoms with Crippen LogP contribution in [0.5, 0.6) is 5.75 Å². The van der Waals surface area contributed by atoms with Gasteiger partial charge in [0.15, 0.2) is 17.4 Å². The molecule has 3 aromatic rings. The Morgan fingerprint density at radius 2 is 1.60 bits per heavy atom. The Balaban J connectivity index is 1.98. The zero-order chi connectivity index (χ0) is 26.0. The monoisotopic (exact) mass is 523 g/mol. The van der Waals surface area contributed by atoms with Crippen molar-refractivity contribution in [3.05, 3.63) is 82.1 Å². The quantitative estimate of drug-likeness (QED) is 0.242. The van der Waals surface area contributed by atoms with Crippen LogP contribution >= 0.6 is 11.6 Å². The lowest BCUT2D eigenvalue weighted by Gasteiger charge is -2.21. The summed E-state index contributed by atoms with van der Waals surface area (Å²) in [6, 6.07) is 7.57. The highest BCUT2D eigenvalue weighted by molar-refractivity contribution is 6.30. The van der Waals surface area contributed by atoms with Crippen LogP contribution in [0.2, 0.25) is 5.02 Å². The summed E-state index contributed by atoms with van der Waals surface area (Å²) in [6.45, 7) is 0.567. The molecule has 35 heavy (non-hydrogen) atoms. The number of ether oxygens (including phenoxy) is 2. The predicted molar refractivity (Wildman–Crippen MR) is 112 cm³/mol. The lowest BCUT2D eigenvalue weighted by Crippen LogP contribution is -2.34. The van der Waals surface area contributed by atoms with Gasteiger partial charge in [-0.1, -0.05) is 11.6 Å². The molecule has 0 N–H and O–H groups in total. The lowest BCUT2D eigenvalue weighted by molar-refractivity contribution is -0.289. The van der Waals surface area contributed by atoms with Gasteiger partial charge in [0.25, 0.3) is 0 Å². The van der Waals surface area contributed by atoms with Gasteiger partial charge in [0.1, 0.15) is 6.61 Å². The molecule has 1 aromatic heterocycles. The summed E-state index contributed by atoms with van der Waals surface area (Å²) in [7, 11) is 0. The number of nitrogens with zero attached hydrogens (tertiary/aromatic N) is 1. The van der Waals surface area contributed by atoms with Crippen molar-refractivity contribution in [2.45, 2.75) is 32.1 Å². The Morgan fingerprint density at radius 3 is 2.14 bits per heavy atom. The second kappa shape index (κ2) is 10.2. The third kappa shape index (κ3) is 5.72. The van der Waals surface area contributed by atoms with E-state index in [0.717, 1.165) is 22.9 Å². The Morgan fingerprint density at radius 1 is 1.00 bits per heavy atom. The minimum Gasteiger partial charge on any atom is -0.481 e. The molecule has 0 saturated carbocycles. The third-order valence-electron chi connectivity index (χ3n) is 4.86. The first-order valence-electron chi connectivity index (χ1n) is 10.0. The van der Waals surface area contributed by atoms with E-state index in [-0.39, 0.29) is 22.9 Å². The van der Waals surface area contributed by atoms with Gasteiger partial charge in [0.05, 0.1) is 24.3 Å². The summed E-state index contributed by atoms with van der Waals surface area (Å²) < 4.78 is 107. The molecule has 0 aliphatic rings. The fraction of sp³-hybridized carbons (Fsp3) is 0.261. The van der Waals surface area contributed by atoms with E-state index < -0.39 is 59.7 Å². The van der Waals surface area contributed by atoms with E-state index in [0.29, 0.717) is 6.07 Å². The summed E-state index contributed by atoms with van der Waals surface area (Å²) >= 11 is 5.80. The number of carbonyl (C=O) groups is 1. The van der Waals surface area contributed by atoms with E-state index in [1.807, 2.05) is 0 Å². The normalized spacial score (nSPS) is 12.0. The van der Waals surface area contributed by atoms with Gasteiger partial charge in [-0.2, -0.15) is 22.0 Å². The van der Waals surface area contributed by atoms with Crippen molar-refractivity contribution in [3.63, 3.8) is 0 Å².